The van der Waals surface area contributed by atoms with Crippen molar-refractivity contribution in [1.29, 1.82) is 0 Å². The average Bonchev–Trinajstić information content (AvgIpc) is 3.96. The second kappa shape index (κ2) is 23.3. The van der Waals surface area contributed by atoms with Gasteiger partial charge in [0.1, 0.15) is 37.5 Å². The normalized spacial score (nSPS) is 15.0. The number of carbonyl (C=O) groups excluding carboxylic acids is 1. The zero-order chi connectivity index (χ0) is 42.3. The van der Waals surface area contributed by atoms with Crippen LogP contribution >= 0.6 is 0 Å². The molecule has 0 aromatic heterocycles. The molecule has 0 radical (unpaired) electrons. The Hall–Kier alpha value is -0.717. The number of hydrogen-bond donors (Lipinski definition) is 0. The van der Waals surface area contributed by atoms with Gasteiger partial charge in [0.05, 0.1) is 36.2 Å². The van der Waals surface area contributed by atoms with Gasteiger partial charge in [0.2, 0.25) is 11.6 Å². The molecule has 0 spiro atoms. The molecule has 0 N–H and O–H groups in total. The Labute approximate surface area is 498 Å². The molecule has 308 valence electrons. The maximum atomic E-state index is 13.7. The van der Waals surface area contributed by atoms with Crippen LogP contribution in [0.1, 0.15) is 38.2 Å². The Balaban J connectivity index is 0.00000224. The number of hydrogen-bond acceptors (Lipinski definition) is 15. The summed E-state index contributed by atoms with van der Waals surface area (Å²) in [6.45, 7) is 1.09. The van der Waals surface area contributed by atoms with Crippen LogP contribution < -0.4 is 182 Å². The third kappa shape index (κ3) is 11.8. The standard InChI is InChI=1S/C43H34O15S2.2K.2Na/c44-34-13-7-31(8-14-34)42(53-21-22-54-42)30-5-1-27(2-6-30)37-19-3-28(25-39(37)59(47,48)49)41(45)29-4-20-38(40(26-29)60(50,51)52)57-35-15-9-32(10-16-35)43(55-23-24-56-43)33-11-17-36(58-46)18-12-33;;;;/h1-20,25-26,44,46H,21-24H2,(H,47,48,49)(H,50,51,52);;;;/q;4*+1/p-4. The van der Waals surface area contributed by atoms with Gasteiger partial charge >= 0.3 is 162 Å². The zero-order valence-corrected chi connectivity index (χ0v) is 46.8. The van der Waals surface area contributed by atoms with Crippen molar-refractivity contribution in [1.82, 2.24) is 0 Å². The van der Waals surface area contributed by atoms with E-state index < -0.39 is 53.1 Å². The smallest absolute Gasteiger partial charge is 0.872 e. The molecular formula is C43H30K2Na2O15S2. The van der Waals surface area contributed by atoms with Crippen molar-refractivity contribution < 1.29 is 232 Å². The molecule has 2 saturated heterocycles. The molecule has 8 rings (SSSR count). The molecule has 0 atom stereocenters. The summed E-state index contributed by atoms with van der Waals surface area (Å²) in [5, 5.41) is 22.5. The van der Waals surface area contributed by atoms with Gasteiger partial charge in [0, 0.05) is 33.4 Å². The quantitative estimate of drug-likeness (QED) is 0.0365. The zero-order valence-electron chi connectivity index (χ0n) is 35.0. The molecule has 0 unspecified atom stereocenters. The van der Waals surface area contributed by atoms with Gasteiger partial charge in [-0.1, -0.05) is 60.7 Å². The van der Waals surface area contributed by atoms with E-state index in [1.54, 1.807) is 60.7 Å². The topological polar surface area (TPSA) is 233 Å². The molecule has 15 nitrogen and oxygen atoms in total. The number of rotatable bonds is 12. The van der Waals surface area contributed by atoms with Crippen LogP contribution in [0.25, 0.3) is 11.1 Å². The summed E-state index contributed by atoms with van der Waals surface area (Å²) in [6, 6.07) is 31.1. The minimum atomic E-state index is -5.25. The van der Waals surface area contributed by atoms with Gasteiger partial charge in [-0.15, -0.1) is 5.75 Å². The van der Waals surface area contributed by atoms with Gasteiger partial charge in [-0.25, -0.2) is 16.8 Å². The van der Waals surface area contributed by atoms with Crippen molar-refractivity contribution in [2.75, 3.05) is 26.4 Å². The Morgan fingerprint density at radius 1 is 0.531 bits per heavy atom. The van der Waals surface area contributed by atoms with Gasteiger partial charge in [0.25, 0.3) is 0 Å². The molecule has 0 bridgehead atoms. The van der Waals surface area contributed by atoms with E-state index in [0.29, 0.717) is 27.8 Å². The van der Waals surface area contributed by atoms with E-state index in [1.807, 2.05) is 0 Å². The monoisotopic (exact) mass is 974 g/mol. The van der Waals surface area contributed by atoms with Crippen molar-refractivity contribution in [3.8, 4) is 34.1 Å². The van der Waals surface area contributed by atoms with E-state index in [0.717, 1.165) is 18.2 Å². The van der Waals surface area contributed by atoms with Crippen molar-refractivity contribution >= 4 is 26.0 Å². The van der Waals surface area contributed by atoms with Crippen LogP contribution in [0, 0.1) is 0 Å². The summed E-state index contributed by atoms with van der Waals surface area (Å²) < 4.78 is 105. The van der Waals surface area contributed by atoms with E-state index in [4.69, 9.17) is 23.7 Å². The number of ketones is 1. The first-order chi connectivity index (χ1) is 28.7. The maximum absolute atomic E-state index is 13.7. The SMILES string of the molecule is O=C(c1ccc(Oc2ccc(C3(c4ccc(O[O-])cc4)OCCO3)cc2)c(S(=O)(=O)[O-])c1)c1ccc(-c2ccc(C3(c4ccc([O-])cc4)OCCO3)cc2)c(S(=O)(=O)[O-])c1.[K+].[K+].[Na+].[Na+]. The Bertz CT molecular complexity index is 2800. The fraction of sp³-hybridized carbons (Fsp3) is 0.140. The summed E-state index contributed by atoms with van der Waals surface area (Å²) in [4.78, 5) is 16.1. The van der Waals surface area contributed by atoms with Gasteiger partial charge in [0.15, 0.2) is 5.78 Å². The van der Waals surface area contributed by atoms with Crippen molar-refractivity contribution in [3.63, 3.8) is 0 Å². The van der Waals surface area contributed by atoms with Crippen LogP contribution in [0.4, 0.5) is 0 Å². The van der Waals surface area contributed by atoms with Crippen LogP contribution in [0.5, 0.6) is 23.0 Å². The fourth-order valence-corrected chi connectivity index (χ4v) is 8.53. The Morgan fingerprint density at radius 2 is 0.922 bits per heavy atom. The van der Waals surface area contributed by atoms with Gasteiger partial charge in [-0.3, -0.25) is 4.79 Å². The van der Waals surface area contributed by atoms with E-state index >= 15 is 0 Å². The molecule has 0 aliphatic carbocycles. The maximum Gasteiger partial charge on any atom is 1.00 e. The van der Waals surface area contributed by atoms with Crippen LogP contribution in [-0.4, -0.2) is 58.2 Å². The summed E-state index contributed by atoms with van der Waals surface area (Å²) in [5.41, 5.74) is 1.90. The molecule has 0 amide bonds. The Morgan fingerprint density at radius 3 is 1.36 bits per heavy atom. The Kier molecular flexibility index (Phi) is 20.3. The molecule has 2 aliphatic rings. The predicted octanol–water partition coefficient (Wildman–Crippen LogP) is -7.58. The van der Waals surface area contributed by atoms with Gasteiger partial charge in [-0.05, 0) is 83.9 Å². The van der Waals surface area contributed by atoms with Crippen LogP contribution in [0.15, 0.2) is 143 Å². The minimum absolute atomic E-state index is 0. The number of carbonyl (C=O) groups is 1. The van der Waals surface area contributed by atoms with E-state index in [-0.39, 0.29) is 222 Å². The van der Waals surface area contributed by atoms with E-state index in [2.05, 4.69) is 4.89 Å². The molecule has 0 saturated carbocycles. The number of benzene rings is 6. The first-order valence-corrected chi connectivity index (χ1v) is 20.9. The second-order valence-electron chi connectivity index (χ2n) is 13.6. The van der Waals surface area contributed by atoms with Crippen LogP contribution in [-0.2, 0) is 50.8 Å². The van der Waals surface area contributed by atoms with Crippen molar-refractivity contribution in [2.24, 2.45) is 0 Å². The number of ether oxygens (including phenoxy) is 5. The van der Waals surface area contributed by atoms with Gasteiger partial charge in [-0.2, -0.15) is 0 Å². The summed E-state index contributed by atoms with van der Waals surface area (Å²) in [6.07, 6.45) is 0. The van der Waals surface area contributed by atoms with Gasteiger partial charge < -0.3 is 48.0 Å². The summed E-state index contributed by atoms with van der Waals surface area (Å²) >= 11 is 0. The first-order valence-electron chi connectivity index (χ1n) is 18.1. The summed E-state index contributed by atoms with van der Waals surface area (Å²) in [5.74, 6) is -3.93. The molecular weight excluding hydrogens is 945 g/mol. The van der Waals surface area contributed by atoms with E-state index in [9.17, 15) is 41.1 Å². The fourth-order valence-electron chi connectivity index (χ4n) is 7.17. The molecule has 2 heterocycles. The molecule has 64 heavy (non-hydrogen) atoms. The largest absolute Gasteiger partial charge is 1.00 e. The second-order valence-corrected chi connectivity index (χ2v) is 16.3. The van der Waals surface area contributed by atoms with Crippen molar-refractivity contribution in [3.05, 3.63) is 167 Å². The third-order valence-electron chi connectivity index (χ3n) is 9.98. The molecule has 6 aromatic carbocycles. The van der Waals surface area contributed by atoms with Crippen LogP contribution in [0.2, 0.25) is 0 Å². The molecule has 21 heteroatoms. The summed E-state index contributed by atoms with van der Waals surface area (Å²) in [7, 11) is -10.4. The average molecular weight is 975 g/mol. The molecule has 2 fully saturated rings. The molecule has 2 aliphatic heterocycles. The first kappa shape index (κ1) is 55.9. The molecule has 6 aromatic rings. The third-order valence-corrected chi connectivity index (χ3v) is 11.7. The van der Waals surface area contributed by atoms with Crippen LogP contribution in [0.3, 0.4) is 0 Å². The van der Waals surface area contributed by atoms with E-state index in [1.165, 1.54) is 54.6 Å². The van der Waals surface area contributed by atoms with Crippen molar-refractivity contribution in [2.45, 2.75) is 21.4 Å². The predicted molar refractivity (Wildman–Crippen MR) is 203 cm³/mol. The minimum Gasteiger partial charge on any atom is -0.872 e.